The van der Waals surface area contributed by atoms with Gasteiger partial charge in [0.1, 0.15) is 5.60 Å². The molecular weight excluding hydrogens is 282 g/mol. The van der Waals surface area contributed by atoms with E-state index in [2.05, 4.69) is 33.9 Å². The summed E-state index contributed by atoms with van der Waals surface area (Å²) < 4.78 is 13.2. The number of hydrogen-bond donors (Lipinski definition) is 0. The van der Waals surface area contributed by atoms with Crippen molar-refractivity contribution in [3.05, 3.63) is 17.8 Å². The lowest BCUT2D eigenvalue weighted by Gasteiger charge is -2.36. The number of nitrogens with zero attached hydrogens (tertiary/aromatic N) is 1. The van der Waals surface area contributed by atoms with Crippen LogP contribution in [0.25, 0.3) is 0 Å². The van der Waals surface area contributed by atoms with Gasteiger partial charge in [0.15, 0.2) is 5.88 Å². The monoisotopic (exact) mass is 311 g/mol. The number of aromatic nitrogens is 1. The molecule has 21 heavy (non-hydrogen) atoms. The Morgan fingerprint density at radius 3 is 2.10 bits per heavy atom. The van der Waals surface area contributed by atoms with Gasteiger partial charge in [-0.3, -0.25) is 0 Å². The summed E-state index contributed by atoms with van der Waals surface area (Å²) in [5.74, 6) is 0.607. The van der Waals surface area contributed by atoms with E-state index >= 15 is 0 Å². The Hall–Kier alpha value is -1.23. The molecule has 0 aromatic carbocycles. The van der Waals surface area contributed by atoms with Crippen molar-refractivity contribution in [2.75, 3.05) is 0 Å². The highest BCUT2D eigenvalue weighted by Crippen LogP contribution is 2.38. The van der Waals surface area contributed by atoms with Crippen LogP contribution in [0.1, 0.15) is 47.1 Å². The zero-order valence-electron chi connectivity index (χ0n) is 14.8. The second kappa shape index (κ2) is 5.52. The first kappa shape index (κ1) is 17.8. The van der Waals surface area contributed by atoms with E-state index in [0.717, 1.165) is 5.56 Å². The zero-order chi connectivity index (χ0) is 16.6. The second-order valence-electron chi connectivity index (χ2n) is 8.02. The van der Waals surface area contributed by atoms with E-state index in [9.17, 15) is 4.79 Å². The van der Waals surface area contributed by atoms with Gasteiger partial charge in [0, 0.05) is 11.8 Å². The Morgan fingerprint density at radius 2 is 1.67 bits per heavy atom. The molecule has 0 saturated carbocycles. The van der Waals surface area contributed by atoms with Crippen molar-refractivity contribution in [2.24, 2.45) is 0 Å². The van der Waals surface area contributed by atoms with Crippen LogP contribution in [0.3, 0.4) is 0 Å². The SMILES string of the molecule is Cc1ccn(C(=O)OC(C)(C)C)c1O[Si](C)(C)C(C)(C)C. The number of carbonyl (C=O) groups excluding carboxylic acids is 1. The lowest BCUT2D eigenvalue weighted by molar-refractivity contribution is 0.0529. The molecule has 1 aromatic heterocycles. The molecular formula is C16H29NO3Si. The van der Waals surface area contributed by atoms with Crippen molar-refractivity contribution in [1.82, 2.24) is 4.57 Å². The molecule has 0 aliphatic heterocycles. The molecule has 0 aliphatic rings. The summed E-state index contributed by atoms with van der Waals surface area (Å²) in [5, 5.41) is 0.0719. The Morgan fingerprint density at radius 1 is 1.14 bits per heavy atom. The molecule has 120 valence electrons. The van der Waals surface area contributed by atoms with E-state index in [1.54, 1.807) is 6.20 Å². The smallest absolute Gasteiger partial charge is 0.421 e. The zero-order valence-corrected chi connectivity index (χ0v) is 15.8. The first-order valence-electron chi connectivity index (χ1n) is 7.35. The van der Waals surface area contributed by atoms with Gasteiger partial charge in [-0.05, 0) is 51.9 Å². The second-order valence-corrected chi connectivity index (χ2v) is 12.7. The topological polar surface area (TPSA) is 40.5 Å². The van der Waals surface area contributed by atoms with Crippen molar-refractivity contribution >= 4 is 14.4 Å². The molecule has 1 rings (SSSR count). The van der Waals surface area contributed by atoms with E-state index < -0.39 is 20.0 Å². The highest BCUT2D eigenvalue weighted by atomic mass is 28.4. The minimum atomic E-state index is -2.01. The number of aryl methyl sites for hydroxylation is 1. The summed E-state index contributed by atoms with van der Waals surface area (Å²) in [6.07, 6.45) is 1.32. The fraction of sp³-hybridized carbons (Fsp3) is 0.688. The van der Waals surface area contributed by atoms with E-state index in [-0.39, 0.29) is 5.04 Å². The number of rotatable bonds is 2. The van der Waals surface area contributed by atoms with Gasteiger partial charge >= 0.3 is 6.09 Å². The van der Waals surface area contributed by atoms with Crippen LogP contribution in [0, 0.1) is 6.92 Å². The average Bonchev–Trinajstić information content (AvgIpc) is 2.55. The Balaban J connectivity index is 3.11. The van der Waals surface area contributed by atoms with Crippen LogP contribution in [0.5, 0.6) is 5.88 Å². The molecule has 0 unspecified atom stereocenters. The molecule has 0 bridgehead atoms. The van der Waals surface area contributed by atoms with Crippen LogP contribution in [-0.4, -0.2) is 24.6 Å². The van der Waals surface area contributed by atoms with Crippen molar-refractivity contribution in [3.63, 3.8) is 0 Å². The van der Waals surface area contributed by atoms with Crippen molar-refractivity contribution in [1.29, 1.82) is 0 Å². The van der Waals surface area contributed by atoms with Crippen LogP contribution in [0.2, 0.25) is 18.1 Å². The molecule has 0 spiro atoms. The minimum absolute atomic E-state index is 0.0719. The van der Waals surface area contributed by atoms with Gasteiger partial charge in [-0.2, -0.15) is 0 Å². The minimum Gasteiger partial charge on any atom is -0.531 e. The normalized spacial score (nSPS) is 13.2. The first-order chi connectivity index (χ1) is 9.24. The average molecular weight is 311 g/mol. The molecule has 5 heteroatoms. The fourth-order valence-corrected chi connectivity index (χ4v) is 2.54. The lowest BCUT2D eigenvalue weighted by atomic mass is 10.2. The molecule has 0 fully saturated rings. The van der Waals surface area contributed by atoms with E-state index in [1.165, 1.54) is 4.57 Å². The van der Waals surface area contributed by atoms with E-state index in [4.69, 9.17) is 9.16 Å². The standard InChI is InChI=1S/C16H29NO3Si/c1-12-10-11-17(14(18)19-15(2,3)4)13(12)20-21(8,9)16(5,6)7/h10-11H,1-9H3. The van der Waals surface area contributed by atoms with Gasteiger partial charge in [0.2, 0.25) is 0 Å². The van der Waals surface area contributed by atoms with Crippen LogP contribution in [0.15, 0.2) is 12.3 Å². The van der Waals surface area contributed by atoms with Gasteiger partial charge in [-0.15, -0.1) is 0 Å². The van der Waals surface area contributed by atoms with Crippen molar-refractivity contribution in [2.45, 2.75) is 72.2 Å². The third-order valence-corrected chi connectivity index (χ3v) is 8.09. The summed E-state index contributed by atoms with van der Waals surface area (Å²) in [6.45, 7) is 18.4. The summed E-state index contributed by atoms with van der Waals surface area (Å²) in [4.78, 5) is 12.3. The molecule has 0 radical (unpaired) electrons. The molecule has 1 heterocycles. The first-order valence-corrected chi connectivity index (χ1v) is 10.3. The predicted octanol–water partition coefficient (Wildman–Crippen LogP) is 4.96. The van der Waals surface area contributed by atoms with Crippen LogP contribution < -0.4 is 4.43 Å². The fourth-order valence-electron chi connectivity index (χ4n) is 1.49. The molecule has 4 nitrogen and oxygen atoms in total. The largest absolute Gasteiger partial charge is 0.531 e. The molecule has 0 saturated heterocycles. The van der Waals surface area contributed by atoms with Gasteiger partial charge < -0.3 is 9.16 Å². The number of ether oxygens (including phenoxy) is 1. The van der Waals surface area contributed by atoms with Gasteiger partial charge in [0.25, 0.3) is 8.32 Å². The molecule has 0 aliphatic carbocycles. The third-order valence-electron chi connectivity index (χ3n) is 3.78. The highest BCUT2D eigenvalue weighted by Gasteiger charge is 2.40. The summed E-state index contributed by atoms with van der Waals surface area (Å²) in [7, 11) is -2.01. The molecule has 0 N–H and O–H groups in total. The predicted molar refractivity (Wildman–Crippen MR) is 88.6 cm³/mol. The Bertz CT molecular complexity index is 519. The van der Waals surface area contributed by atoms with Crippen molar-refractivity contribution < 1.29 is 14.0 Å². The van der Waals surface area contributed by atoms with Crippen LogP contribution >= 0.6 is 0 Å². The number of hydrogen-bond acceptors (Lipinski definition) is 3. The van der Waals surface area contributed by atoms with Crippen LogP contribution in [-0.2, 0) is 4.74 Å². The Labute approximate surface area is 129 Å². The quantitative estimate of drug-likeness (QED) is 0.724. The van der Waals surface area contributed by atoms with Crippen LogP contribution in [0.4, 0.5) is 4.79 Å². The number of carbonyl (C=O) groups is 1. The maximum Gasteiger partial charge on any atom is 0.421 e. The van der Waals surface area contributed by atoms with E-state index in [0.29, 0.717) is 5.88 Å². The maximum absolute atomic E-state index is 12.3. The highest BCUT2D eigenvalue weighted by molar-refractivity contribution is 6.74. The summed E-state index contributed by atoms with van der Waals surface area (Å²) >= 11 is 0. The summed E-state index contributed by atoms with van der Waals surface area (Å²) in [5.41, 5.74) is 0.425. The van der Waals surface area contributed by atoms with Gasteiger partial charge in [0.05, 0.1) is 0 Å². The molecule has 0 amide bonds. The maximum atomic E-state index is 12.3. The molecule has 1 aromatic rings. The van der Waals surface area contributed by atoms with Gasteiger partial charge in [-0.25, -0.2) is 9.36 Å². The van der Waals surface area contributed by atoms with Gasteiger partial charge in [-0.1, -0.05) is 20.8 Å². The lowest BCUT2D eigenvalue weighted by Crippen LogP contribution is -2.44. The van der Waals surface area contributed by atoms with E-state index in [1.807, 2.05) is 33.8 Å². The van der Waals surface area contributed by atoms with Crippen molar-refractivity contribution in [3.8, 4) is 5.88 Å². The molecule has 0 atom stereocenters. The Kier molecular flexibility index (Phi) is 4.68. The third kappa shape index (κ3) is 4.36. The summed E-state index contributed by atoms with van der Waals surface area (Å²) in [6, 6.07) is 1.88.